The first-order valence-electron chi connectivity index (χ1n) is 7.50. The Labute approximate surface area is 128 Å². The molecule has 0 aromatic heterocycles. The van der Waals surface area contributed by atoms with Gasteiger partial charge in [0.05, 0.1) is 11.6 Å². The number of halogens is 3. The maximum atomic E-state index is 13.0. The molecule has 1 saturated carbocycles. The van der Waals surface area contributed by atoms with Crippen molar-refractivity contribution in [2.45, 2.75) is 50.9 Å². The number of hydrogen-bond donors (Lipinski definition) is 2. The summed E-state index contributed by atoms with van der Waals surface area (Å²) in [5.74, 6) is -0.114. The van der Waals surface area contributed by atoms with Gasteiger partial charge in [-0.25, -0.2) is 0 Å². The molecule has 1 aromatic carbocycles. The van der Waals surface area contributed by atoms with E-state index >= 15 is 0 Å². The summed E-state index contributed by atoms with van der Waals surface area (Å²) in [7, 11) is 0. The van der Waals surface area contributed by atoms with Crippen LogP contribution in [0.1, 0.15) is 49.8 Å². The van der Waals surface area contributed by atoms with Crippen molar-refractivity contribution in [2.75, 3.05) is 0 Å². The highest BCUT2D eigenvalue weighted by Gasteiger charge is 2.34. The van der Waals surface area contributed by atoms with Gasteiger partial charge in [-0.05, 0) is 37.3 Å². The van der Waals surface area contributed by atoms with Gasteiger partial charge in [0.15, 0.2) is 0 Å². The third-order valence-corrected chi connectivity index (χ3v) is 4.28. The highest BCUT2D eigenvalue weighted by Crippen LogP contribution is 2.34. The molecule has 0 bridgehead atoms. The number of alkyl halides is 3. The number of amides is 1. The second-order valence-electron chi connectivity index (χ2n) is 5.93. The highest BCUT2D eigenvalue weighted by molar-refractivity contribution is 5.76. The summed E-state index contributed by atoms with van der Waals surface area (Å²) in [4.78, 5) is 12.0. The van der Waals surface area contributed by atoms with Gasteiger partial charge in [0.1, 0.15) is 0 Å². The van der Waals surface area contributed by atoms with Crippen molar-refractivity contribution >= 4 is 5.91 Å². The molecular formula is C16H21F3N2O. The first kappa shape index (κ1) is 16.8. The molecule has 22 heavy (non-hydrogen) atoms. The average molecular weight is 314 g/mol. The summed E-state index contributed by atoms with van der Waals surface area (Å²) in [6, 6.07) is 4.64. The predicted molar refractivity (Wildman–Crippen MR) is 77.9 cm³/mol. The van der Waals surface area contributed by atoms with Gasteiger partial charge in [0.2, 0.25) is 5.91 Å². The topological polar surface area (TPSA) is 55.1 Å². The number of nitrogens with one attached hydrogen (secondary N) is 1. The van der Waals surface area contributed by atoms with Crippen LogP contribution in [0.3, 0.4) is 0 Å². The summed E-state index contributed by atoms with van der Waals surface area (Å²) < 4.78 is 39.0. The van der Waals surface area contributed by atoms with Crippen LogP contribution in [0, 0.1) is 5.92 Å². The van der Waals surface area contributed by atoms with Crippen LogP contribution >= 0.6 is 0 Å². The Hall–Kier alpha value is -1.56. The molecule has 1 aliphatic rings. The van der Waals surface area contributed by atoms with E-state index in [1.807, 2.05) is 0 Å². The summed E-state index contributed by atoms with van der Waals surface area (Å²) >= 11 is 0. The van der Waals surface area contributed by atoms with Crippen molar-refractivity contribution in [3.8, 4) is 0 Å². The molecule has 3 N–H and O–H groups in total. The van der Waals surface area contributed by atoms with Crippen molar-refractivity contribution < 1.29 is 18.0 Å². The fraction of sp³-hybridized carbons (Fsp3) is 0.562. The smallest absolute Gasteiger partial charge is 0.350 e. The molecule has 3 atom stereocenters. The van der Waals surface area contributed by atoms with Crippen molar-refractivity contribution in [2.24, 2.45) is 11.7 Å². The standard InChI is InChI=1S/C16H21F3N2O/c1-10(12-6-2-3-7-13(12)16(17,18)19)21-15(22)9-11-5-4-8-14(11)20/h2-3,6-7,10-11,14H,4-5,8-9,20H2,1H3,(H,21,22)/t10?,11-,14+/m0/s1. The van der Waals surface area contributed by atoms with E-state index in [0.717, 1.165) is 25.3 Å². The molecular weight excluding hydrogens is 293 g/mol. The molecule has 122 valence electrons. The Morgan fingerprint density at radius 2 is 2.05 bits per heavy atom. The lowest BCUT2D eigenvalue weighted by molar-refractivity contribution is -0.138. The minimum atomic E-state index is -4.43. The lowest BCUT2D eigenvalue weighted by Crippen LogP contribution is -2.33. The molecule has 0 aliphatic heterocycles. The highest BCUT2D eigenvalue weighted by atomic mass is 19.4. The molecule has 2 rings (SSSR count). The van der Waals surface area contributed by atoms with Crippen molar-refractivity contribution in [1.82, 2.24) is 5.32 Å². The lowest BCUT2D eigenvalue weighted by atomic mass is 9.98. The van der Waals surface area contributed by atoms with Crippen LogP contribution < -0.4 is 11.1 Å². The summed E-state index contributed by atoms with van der Waals surface area (Å²) in [6.07, 6.45) is -1.33. The number of benzene rings is 1. The van der Waals surface area contributed by atoms with Crippen molar-refractivity contribution in [1.29, 1.82) is 0 Å². The molecule has 1 aromatic rings. The zero-order chi connectivity index (χ0) is 16.3. The van der Waals surface area contributed by atoms with E-state index < -0.39 is 17.8 Å². The quantitative estimate of drug-likeness (QED) is 0.895. The van der Waals surface area contributed by atoms with Crippen LogP contribution in [0.4, 0.5) is 13.2 Å². The predicted octanol–water partition coefficient (Wildman–Crippen LogP) is 3.40. The summed E-state index contributed by atoms with van der Waals surface area (Å²) in [6.45, 7) is 1.57. The average Bonchev–Trinajstić information content (AvgIpc) is 2.83. The van der Waals surface area contributed by atoms with E-state index in [2.05, 4.69) is 5.32 Å². The molecule has 1 aliphatic carbocycles. The zero-order valence-electron chi connectivity index (χ0n) is 12.5. The Kier molecular flexibility index (Phi) is 5.11. The lowest BCUT2D eigenvalue weighted by Gasteiger charge is -2.21. The van der Waals surface area contributed by atoms with Crippen molar-refractivity contribution in [3.05, 3.63) is 35.4 Å². The number of hydrogen-bond acceptors (Lipinski definition) is 2. The van der Waals surface area contributed by atoms with Gasteiger partial charge in [0.25, 0.3) is 0 Å². The number of rotatable bonds is 4. The van der Waals surface area contributed by atoms with Crippen LogP contribution in [-0.2, 0) is 11.0 Å². The Balaban J connectivity index is 2.03. The Morgan fingerprint density at radius 3 is 2.64 bits per heavy atom. The molecule has 0 spiro atoms. The largest absolute Gasteiger partial charge is 0.416 e. The third kappa shape index (κ3) is 4.00. The van der Waals surface area contributed by atoms with Crippen LogP contribution in [-0.4, -0.2) is 11.9 Å². The van der Waals surface area contributed by atoms with Crippen LogP contribution in [0.5, 0.6) is 0 Å². The van der Waals surface area contributed by atoms with E-state index in [0.29, 0.717) is 0 Å². The third-order valence-electron chi connectivity index (χ3n) is 4.28. The second-order valence-corrected chi connectivity index (χ2v) is 5.93. The molecule has 1 fully saturated rings. The minimum absolute atomic E-state index is 0.0171. The van der Waals surface area contributed by atoms with Crippen LogP contribution in [0.2, 0.25) is 0 Å². The Bertz CT molecular complexity index is 530. The SMILES string of the molecule is CC(NC(=O)C[C@@H]1CCC[C@H]1N)c1ccccc1C(F)(F)F. The fourth-order valence-corrected chi connectivity index (χ4v) is 3.07. The van der Waals surface area contributed by atoms with E-state index in [1.165, 1.54) is 12.1 Å². The fourth-order valence-electron chi connectivity index (χ4n) is 3.07. The van der Waals surface area contributed by atoms with Crippen LogP contribution in [0.25, 0.3) is 0 Å². The number of carbonyl (C=O) groups is 1. The van der Waals surface area contributed by atoms with Crippen LogP contribution in [0.15, 0.2) is 24.3 Å². The van der Waals surface area contributed by atoms with Gasteiger partial charge in [-0.2, -0.15) is 13.2 Å². The second kappa shape index (κ2) is 6.69. The van der Waals surface area contributed by atoms with E-state index in [1.54, 1.807) is 13.0 Å². The monoisotopic (exact) mass is 314 g/mol. The molecule has 0 heterocycles. The minimum Gasteiger partial charge on any atom is -0.350 e. The maximum absolute atomic E-state index is 13.0. The summed E-state index contributed by atoms with van der Waals surface area (Å²) in [5, 5.41) is 2.66. The molecule has 6 heteroatoms. The van der Waals surface area contributed by atoms with Gasteiger partial charge < -0.3 is 11.1 Å². The molecule has 3 nitrogen and oxygen atoms in total. The molecule has 0 radical (unpaired) electrons. The van der Waals surface area contributed by atoms with E-state index in [-0.39, 0.29) is 29.9 Å². The first-order valence-corrected chi connectivity index (χ1v) is 7.50. The Morgan fingerprint density at radius 1 is 1.36 bits per heavy atom. The normalized spacial score (nSPS) is 23.3. The van der Waals surface area contributed by atoms with Gasteiger partial charge in [-0.15, -0.1) is 0 Å². The number of nitrogens with two attached hydrogens (primary N) is 1. The summed E-state index contributed by atoms with van der Waals surface area (Å²) in [5.41, 5.74) is 5.30. The zero-order valence-corrected chi connectivity index (χ0v) is 12.5. The van der Waals surface area contributed by atoms with E-state index in [9.17, 15) is 18.0 Å². The number of carbonyl (C=O) groups excluding carboxylic acids is 1. The van der Waals surface area contributed by atoms with Gasteiger partial charge >= 0.3 is 6.18 Å². The van der Waals surface area contributed by atoms with Gasteiger partial charge in [0, 0.05) is 12.5 Å². The molecule has 1 amide bonds. The first-order chi connectivity index (χ1) is 10.3. The van der Waals surface area contributed by atoms with E-state index in [4.69, 9.17) is 5.73 Å². The molecule has 0 saturated heterocycles. The maximum Gasteiger partial charge on any atom is 0.416 e. The molecule has 1 unspecified atom stereocenters. The van der Waals surface area contributed by atoms with Crippen molar-refractivity contribution in [3.63, 3.8) is 0 Å². The van der Waals surface area contributed by atoms with Gasteiger partial charge in [-0.3, -0.25) is 4.79 Å². The van der Waals surface area contributed by atoms with Gasteiger partial charge in [-0.1, -0.05) is 24.6 Å².